The number of nitrogens with zero attached hydrogens (tertiary/aromatic N) is 1. The Kier molecular flexibility index (Phi) is 6.26. The van der Waals surface area contributed by atoms with Crippen LogP contribution in [0.4, 0.5) is 8.78 Å². The Bertz CT molecular complexity index is 926. The highest BCUT2D eigenvalue weighted by Crippen LogP contribution is 2.29. The van der Waals surface area contributed by atoms with Crippen LogP contribution in [-0.2, 0) is 13.1 Å². The Labute approximate surface area is 161 Å². The largest absolute Gasteiger partial charge is 0.493 e. The van der Waals surface area contributed by atoms with E-state index in [1.54, 1.807) is 18.2 Å². The second kappa shape index (κ2) is 9.03. The van der Waals surface area contributed by atoms with Gasteiger partial charge in [-0.05, 0) is 35.4 Å². The van der Waals surface area contributed by atoms with E-state index in [2.05, 4.69) is 10.1 Å². The van der Waals surface area contributed by atoms with E-state index in [9.17, 15) is 13.6 Å². The van der Waals surface area contributed by atoms with Gasteiger partial charge in [-0.3, -0.25) is 4.79 Å². The first kappa shape index (κ1) is 19.4. The van der Waals surface area contributed by atoms with Gasteiger partial charge in [-0.15, -0.1) is 0 Å². The van der Waals surface area contributed by atoms with Crippen molar-refractivity contribution in [1.82, 2.24) is 9.88 Å². The van der Waals surface area contributed by atoms with Gasteiger partial charge in [-0.2, -0.15) is 8.78 Å². The minimum absolute atomic E-state index is 0.0725. The molecule has 0 saturated heterocycles. The fourth-order valence-corrected chi connectivity index (χ4v) is 2.83. The molecule has 28 heavy (non-hydrogen) atoms. The summed E-state index contributed by atoms with van der Waals surface area (Å²) < 4.78 is 36.4. The quantitative estimate of drug-likeness (QED) is 0.635. The molecule has 0 radical (unpaired) electrons. The number of benzene rings is 2. The molecule has 0 aliphatic heterocycles. The van der Waals surface area contributed by atoms with Gasteiger partial charge >= 0.3 is 6.61 Å². The van der Waals surface area contributed by atoms with Gasteiger partial charge in [0.25, 0.3) is 5.91 Å². The van der Waals surface area contributed by atoms with Crippen molar-refractivity contribution in [2.45, 2.75) is 19.7 Å². The zero-order valence-electron chi connectivity index (χ0n) is 15.3. The third kappa shape index (κ3) is 4.88. The molecule has 0 bridgehead atoms. The van der Waals surface area contributed by atoms with E-state index in [0.717, 1.165) is 5.56 Å². The maximum Gasteiger partial charge on any atom is 0.387 e. The zero-order chi connectivity index (χ0) is 19.9. The lowest BCUT2D eigenvalue weighted by molar-refractivity contribution is -0.0512. The Hall–Kier alpha value is -3.35. The molecule has 1 amide bonds. The third-order valence-electron chi connectivity index (χ3n) is 4.16. The van der Waals surface area contributed by atoms with Crippen LogP contribution in [0.15, 0.2) is 66.9 Å². The van der Waals surface area contributed by atoms with Gasteiger partial charge in [0.05, 0.1) is 7.11 Å². The van der Waals surface area contributed by atoms with E-state index in [1.807, 2.05) is 41.1 Å². The van der Waals surface area contributed by atoms with Crippen molar-refractivity contribution in [1.29, 1.82) is 0 Å². The average Bonchev–Trinajstić information content (AvgIpc) is 3.15. The zero-order valence-corrected chi connectivity index (χ0v) is 15.3. The summed E-state index contributed by atoms with van der Waals surface area (Å²) in [6.07, 6.45) is 1.84. The predicted octanol–water partition coefficient (Wildman–Crippen LogP) is 4.08. The molecule has 0 atom stereocenters. The fourth-order valence-electron chi connectivity index (χ4n) is 2.83. The number of hydrogen-bond acceptors (Lipinski definition) is 3. The number of amides is 1. The van der Waals surface area contributed by atoms with Gasteiger partial charge < -0.3 is 19.4 Å². The van der Waals surface area contributed by atoms with Crippen molar-refractivity contribution in [2.24, 2.45) is 0 Å². The number of aromatic nitrogens is 1. The smallest absolute Gasteiger partial charge is 0.387 e. The maximum atomic E-state index is 12.6. The number of alkyl halides is 2. The van der Waals surface area contributed by atoms with Crippen molar-refractivity contribution in [3.05, 3.63) is 83.7 Å². The van der Waals surface area contributed by atoms with Crippen LogP contribution in [-0.4, -0.2) is 24.2 Å². The second-order valence-corrected chi connectivity index (χ2v) is 6.05. The van der Waals surface area contributed by atoms with Crippen LogP contribution >= 0.6 is 0 Å². The van der Waals surface area contributed by atoms with Crippen molar-refractivity contribution in [2.75, 3.05) is 7.11 Å². The molecule has 0 aliphatic rings. The van der Waals surface area contributed by atoms with E-state index in [-0.39, 0.29) is 24.0 Å². The summed E-state index contributed by atoms with van der Waals surface area (Å²) in [5.41, 5.74) is 2.21. The molecule has 7 heteroatoms. The van der Waals surface area contributed by atoms with Crippen molar-refractivity contribution < 1.29 is 23.0 Å². The highest BCUT2D eigenvalue weighted by molar-refractivity contribution is 5.92. The van der Waals surface area contributed by atoms with Gasteiger partial charge in [-0.1, -0.05) is 36.4 Å². The van der Waals surface area contributed by atoms with Crippen molar-refractivity contribution in [3.8, 4) is 11.5 Å². The number of hydrogen-bond donors (Lipinski definition) is 1. The SMILES string of the molecule is COc1ccc(CNC(=O)c2cccn2Cc2ccccc2)cc1OC(F)F. The molecule has 146 valence electrons. The lowest BCUT2D eigenvalue weighted by Gasteiger charge is -2.13. The Morgan fingerprint density at radius 3 is 2.54 bits per heavy atom. The van der Waals surface area contributed by atoms with Gasteiger partial charge in [0, 0.05) is 19.3 Å². The molecule has 0 unspecified atom stereocenters. The maximum absolute atomic E-state index is 12.6. The summed E-state index contributed by atoms with van der Waals surface area (Å²) >= 11 is 0. The lowest BCUT2D eigenvalue weighted by atomic mass is 10.2. The summed E-state index contributed by atoms with van der Waals surface area (Å²) in [5.74, 6) is -0.128. The first-order valence-corrected chi connectivity index (χ1v) is 8.66. The Morgan fingerprint density at radius 1 is 1.04 bits per heavy atom. The molecule has 2 aromatic carbocycles. The average molecular weight is 386 g/mol. The monoisotopic (exact) mass is 386 g/mol. The van der Waals surface area contributed by atoms with Gasteiger partial charge in [-0.25, -0.2) is 0 Å². The molecule has 3 rings (SSSR count). The number of methoxy groups -OCH3 is 1. The molecule has 0 spiro atoms. The van der Waals surface area contributed by atoms with E-state index in [0.29, 0.717) is 17.8 Å². The summed E-state index contributed by atoms with van der Waals surface area (Å²) in [6.45, 7) is -2.22. The summed E-state index contributed by atoms with van der Waals surface area (Å²) in [6, 6.07) is 18.0. The standard InChI is InChI=1S/C21H20F2N2O3/c1-27-18-10-9-16(12-19(18)28-21(22)23)13-24-20(26)17-8-5-11-25(17)14-15-6-3-2-4-7-15/h2-12,21H,13-14H2,1H3,(H,24,26). The molecule has 0 saturated carbocycles. The second-order valence-electron chi connectivity index (χ2n) is 6.05. The fraction of sp³-hybridized carbons (Fsp3) is 0.190. The van der Waals surface area contributed by atoms with E-state index >= 15 is 0 Å². The molecule has 1 N–H and O–H groups in total. The van der Waals surface area contributed by atoms with Crippen LogP contribution < -0.4 is 14.8 Å². The molecule has 1 aromatic heterocycles. The highest BCUT2D eigenvalue weighted by Gasteiger charge is 2.14. The molecule has 3 aromatic rings. The number of halogens is 2. The van der Waals surface area contributed by atoms with E-state index < -0.39 is 6.61 Å². The van der Waals surface area contributed by atoms with Crippen LogP contribution in [0.25, 0.3) is 0 Å². The predicted molar refractivity (Wildman–Crippen MR) is 101 cm³/mol. The van der Waals surface area contributed by atoms with Gasteiger partial charge in [0.2, 0.25) is 0 Å². The normalized spacial score (nSPS) is 10.7. The van der Waals surface area contributed by atoms with Gasteiger partial charge in [0.1, 0.15) is 5.69 Å². The van der Waals surface area contributed by atoms with Crippen LogP contribution in [0.2, 0.25) is 0 Å². The Balaban J connectivity index is 1.67. The lowest BCUT2D eigenvalue weighted by Crippen LogP contribution is -2.25. The molecule has 1 heterocycles. The summed E-state index contributed by atoms with van der Waals surface area (Å²) in [4.78, 5) is 12.6. The summed E-state index contributed by atoms with van der Waals surface area (Å²) in [7, 11) is 1.37. The van der Waals surface area contributed by atoms with Crippen LogP contribution in [0.5, 0.6) is 11.5 Å². The first-order valence-electron chi connectivity index (χ1n) is 8.66. The highest BCUT2D eigenvalue weighted by atomic mass is 19.3. The third-order valence-corrected chi connectivity index (χ3v) is 4.16. The summed E-state index contributed by atoms with van der Waals surface area (Å²) in [5, 5.41) is 2.80. The van der Waals surface area contributed by atoms with E-state index in [4.69, 9.17) is 4.74 Å². The van der Waals surface area contributed by atoms with Crippen LogP contribution in [0.1, 0.15) is 21.6 Å². The van der Waals surface area contributed by atoms with Crippen LogP contribution in [0.3, 0.4) is 0 Å². The van der Waals surface area contributed by atoms with E-state index in [1.165, 1.54) is 19.2 Å². The molecule has 0 aliphatic carbocycles. The minimum atomic E-state index is -2.96. The molecule has 0 fully saturated rings. The van der Waals surface area contributed by atoms with Crippen molar-refractivity contribution in [3.63, 3.8) is 0 Å². The Morgan fingerprint density at radius 2 is 1.82 bits per heavy atom. The molecule has 5 nitrogen and oxygen atoms in total. The topological polar surface area (TPSA) is 52.5 Å². The first-order chi connectivity index (χ1) is 13.6. The minimum Gasteiger partial charge on any atom is -0.493 e. The van der Waals surface area contributed by atoms with Crippen LogP contribution in [0, 0.1) is 0 Å². The molecular weight excluding hydrogens is 366 g/mol. The van der Waals surface area contributed by atoms with Gasteiger partial charge in [0.15, 0.2) is 11.5 Å². The number of nitrogens with one attached hydrogen (secondary N) is 1. The van der Waals surface area contributed by atoms with Crippen molar-refractivity contribution >= 4 is 5.91 Å². The number of carbonyl (C=O) groups is 1. The number of ether oxygens (including phenoxy) is 2. The number of rotatable bonds is 8. The molecular formula is C21H20F2N2O3. The number of carbonyl (C=O) groups excluding carboxylic acids is 1.